The molecule has 4 aromatic heterocycles. The van der Waals surface area contributed by atoms with E-state index in [0.717, 1.165) is 22.1 Å². The van der Waals surface area contributed by atoms with Gasteiger partial charge in [-0.3, -0.25) is 9.98 Å². The molecule has 9 rings (SSSR count). The van der Waals surface area contributed by atoms with Crippen molar-refractivity contribution in [2.45, 2.75) is 32.4 Å². The lowest BCUT2D eigenvalue weighted by atomic mass is 10.0. The molecule has 57 heavy (non-hydrogen) atoms. The zero-order chi connectivity index (χ0) is 38.8. The summed E-state index contributed by atoms with van der Waals surface area (Å²) >= 11 is 3.60. The maximum Gasteiger partial charge on any atom is 0.101 e. The minimum Gasteiger partial charge on any atom is -0.335 e. The van der Waals surface area contributed by atoms with E-state index in [9.17, 15) is 0 Å². The van der Waals surface area contributed by atoms with Crippen LogP contribution in [0.4, 0.5) is 27.1 Å². The summed E-state index contributed by atoms with van der Waals surface area (Å²) in [6.45, 7) is 7.57. The third kappa shape index (κ3) is 7.52. The van der Waals surface area contributed by atoms with E-state index in [1.54, 1.807) is 11.3 Å². The van der Waals surface area contributed by atoms with Crippen LogP contribution in [0.5, 0.6) is 0 Å². The maximum absolute atomic E-state index is 4.63. The van der Waals surface area contributed by atoms with Crippen LogP contribution < -0.4 is 9.80 Å². The number of anilines is 5. The Bertz CT molecular complexity index is 2630. The van der Waals surface area contributed by atoms with Crippen molar-refractivity contribution < 1.29 is 0 Å². The highest BCUT2D eigenvalue weighted by atomic mass is 32.1. The molecule has 0 fully saturated rings. The zero-order valence-electron chi connectivity index (χ0n) is 32.2. The Morgan fingerprint density at radius 1 is 0.561 bits per heavy atom. The van der Waals surface area contributed by atoms with Gasteiger partial charge in [0.2, 0.25) is 0 Å². The molecule has 1 atom stereocenters. The van der Waals surface area contributed by atoms with Gasteiger partial charge < -0.3 is 14.4 Å². The summed E-state index contributed by atoms with van der Waals surface area (Å²) in [4.78, 5) is 16.3. The topological polar surface area (TPSA) is 36.7 Å². The predicted molar refractivity (Wildman–Crippen MR) is 244 cm³/mol. The molecule has 1 aliphatic heterocycles. The molecule has 0 radical (unpaired) electrons. The maximum atomic E-state index is 4.63. The van der Waals surface area contributed by atoms with Gasteiger partial charge in [0.15, 0.2) is 0 Å². The minimum absolute atomic E-state index is 0.135. The molecule has 5 heterocycles. The van der Waals surface area contributed by atoms with Gasteiger partial charge >= 0.3 is 0 Å². The van der Waals surface area contributed by atoms with Crippen LogP contribution in [0.25, 0.3) is 43.4 Å². The fourth-order valence-corrected chi connectivity index (χ4v) is 9.76. The van der Waals surface area contributed by atoms with Crippen LogP contribution in [0.1, 0.15) is 20.8 Å². The molecule has 0 saturated heterocycles. The van der Waals surface area contributed by atoms with Crippen LogP contribution in [0, 0.1) is 0 Å². The van der Waals surface area contributed by atoms with Gasteiger partial charge in [-0.2, -0.15) is 0 Å². The summed E-state index contributed by atoms with van der Waals surface area (Å²) in [5.41, 5.74) is 10.3. The van der Waals surface area contributed by atoms with E-state index in [2.05, 4.69) is 209 Å². The predicted octanol–water partition coefficient (Wildman–Crippen LogP) is 14.0. The lowest BCUT2D eigenvalue weighted by Crippen LogP contribution is -2.32. The van der Waals surface area contributed by atoms with Crippen molar-refractivity contribution in [2.24, 2.45) is 4.99 Å². The Morgan fingerprint density at radius 3 is 1.68 bits per heavy atom. The number of allylic oxidation sites excluding steroid dienone is 1. The number of benzene rings is 4. The van der Waals surface area contributed by atoms with Crippen LogP contribution in [-0.2, 0) is 5.54 Å². The molecule has 0 bridgehead atoms. The fourth-order valence-electron chi connectivity index (χ4n) is 7.61. The number of aromatic nitrogens is 2. The zero-order valence-corrected chi connectivity index (χ0v) is 33.9. The number of pyridine rings is 1. The van der Waals surface area contributed by atoms with Crippen molar-refractivity contribution in [3.63, 3.8) is 0 Å². The van der Waals surface area contributed by atoms with Crippen LogP contribution in [0.15, 0.2) is 187 Å². The average Bonchev–Trinajstić information content (AvgIpc) is 4.05. The molecule has 8 aromatic rings. The van der Waals surface area contributed by atoms with Crippen molar-refractivity contribution in [3.05, 3.63) is 182 Å². The number of hydrogen-bond donors (Lipinski definition) is 0. The first-order valence-corrected chi connectivity index (χ1v) is 20.9. The summed E-state index contributed by atoms with van der Waals surface area (Å²) in [5.74, 6) is 0. The molecule has 1 unspecified atom stereocenters. The van der Waals surface area contributed by atoms with Gasteiger partial charge in [-0.05, 0) is 122 Å². The van der Waals surface area contributed by atoms with Crippen molar-refractivity contribution in [1.82, 2.24) is 9.55 Å². The average molecular weight is 778 g/mol. The molecule has 0 N–H and O–H groups in total. The summed E-state index contributed by atoms with van der Waals surface area (Å²) in [6.07, 6.45) is 9.97. The molecule has 7 heteroatoms. The highest BCUT2D eigenvalue weighted by molar-refractivity contribution is 7.19. The molecule has 5 nitrogen and oxygen atoms in total. The van der Waals surface area contributed by atoms with Gasteiger partial charge in [0, 0.05) is 50.5 Å². The van der Waals surface area contributed by atoms with Crippen LogP contribution in [-0.4, -0.2) is 28.4 Å². The molecule has 280 valence electrons. The Hall–Kier alpha value is -6.28. The Labute approximate surface area is 343 Å². The van der Waals surface area contributed by atoms with Crippen LogP contribution in [0.2, 0.25) is 0 Å². The van der Waals surface area contributed by atoms with Gasteiger partial charge in [-0.1, -0.05) is 91.0 Å². The van der Waals surface area contributed by atoms with Crippen LogP contribution in [0.3, 0.4) is 0 Å². The van der Waals surface area contributed by atoms with Gasteiger partial charge in [-0.25, -0.2) is 0 Å². The summed E-state index contributed by atoms with van der Waals surface area (Å²) < 4.78 is 2.48. The summed E-state index contributed by atoms with van der Waals surface area (Å²) in [5, 5.41) is 2.34. The normalized spacial score (nSPS) is 13.8. The van der Waals surface area contributed by atoms with Gasteiger partial charge in [0.1, 0.15) is 5.00 Å². The smallest absolute Gasteiger partial charge is 0.101 e. The lowest BCUT2D eigenvalue weighted by molar-refractivity contribution is 0.407. The number of rotatable bonds is 10. The summed E-state index contributed by atoms with van der Waals surface area (Å²) in [6, 6.07) is 56.9. The van der Waals surface area contributed by atoms with Crippen LogP contribution >= 0.6 is 22.7 Å². The molecular weight excluding hydrogens is 735 g/mol. The second-order valence-electron chi connectivity index (χ2n) is 15.1. The first-order valence-electron chi connectivity index (χ1n) is 19.3. The van der Waals surface area contributed by atoms with E-state index < -0.39 is 0 Å². The number of aliphatic imine (C=N–C) groups is 1. The van der Waals surface area contributed by atoms with E-state index in [1.807, 2.05) is 36.0 Å². The molecule has 4 aromatic carbocycles. The minimum atomic E-state index is -0.167. The molecule has 1 aliphatic rings. The molecule has 0 saturated carbocycles. The third-order valence-corrected chi connectivity index (χ3v) is 12.5. The third-order valence-electron chi connectivity index (χ3n) is 10.2. The molecular formula is C50H43N5S2. The number of thiophene rings is 2. The SMILES string of the molecule is CC(C)(C)n1c(-c2ccc(N(c3cccnc3)c3ccc(-c4ccccc4)s3)cc2)ccc1-c1ccc(N(c2ccc(-c3ccccc3)s2)C2C=CC=NC2)cc1. The van der Waals surface area contributed by atoms with Gasteiger partial charge in [-0.15, -0.1) is 22.7 Å². The largest absolute Gasteiger partial charge is 0.335 e. The van der Waals surface area contributed by atoms with Gasteiger partial charge in [0.25, 0.3) is 0 Å². The van der Waals surface area contributed by atoms with Crippen molar-refractivity contribution in [1.29, 1.82) is 0 Å². The second kappa shape index (κ2) is 15.7. The van der Waals surface area contributed by atoms with Gasteiger partial charge in [0.05, 0.1) is 29.5 Å². The Kier molecular flexibility index (Phi) is 10.0. The van der Waals surface area contributed by atoms with Crippen molar-refractivity contribution in [3.8, 4) is 43.4 Å². The van der Waals surface area contributed by atoms with E-state index in [4.69, 9.17) is 0 Å². The first-order chi connectivity index (χ1) is 27.9. The molecule has 0 aliphatic carbocycles. The van der Waals surface area contributed by atoms with E-state index in [0.29, 0.717) is 6.54 Å². The van der Waals surface area contributed by atoms with E-state index in [1.165, 1.54) is 48.4 Å². The Morgan fingerprint density at radius 2 is 1.14 bits per heavy atom. The number of hydrogen-bond acceptors (Lipinski definition) is 6. The van der Waals surface area contributed by atoms with Crippen molar-refractivity contribution >= 4 is 56.0 Å². The highest BCUT2D eigenvalue weighted by Crippen LogP contribution is 2.44. The number of dihydropyridines is 1. The lowest BCUT2D eigenvalue weighted by Gasteiger charge is -2.31. The Balaban J connectivity index is 1.03. The fraction of sp³-hybridized carbons (Fsp3) is 0.120. The highest BCUT2D eigenvalue weighted by Gasteiger charge is 2.25. The molecule has 0 spiro atoms. The first kappa shape index (κ1) is 36.4. The van der Waals surface area contributed by atoms with Crippen molar-refractivity contribution in [2.75, 3.05) is 16.3 Å². The van der Waals surface area contributed by atoms with E-state index >= 15 is 0 Å². The quantitative estimate of drug-likeness (QED) is 0.139. The standard InChI is InChI=1S/C50H43N5S2/c1-50(2,3)55-44(36-18-22-40(23-19-36)53(42-16-10-32-51-34-42)48-30-28-46(56-48)38-12-6-4-7-13-38)26-27-45(55)37-20-24-41(25-21-37)54(43-17-11-33-52-35-43)49-31-29-47(57-49)39-14-8-5-9-15-39/h4-34,43H,35H2,1-3H3. The summed E-state index contributed by atoms with van der Waals surface area (Å²) in [7, 11) is 0. The second-order valence-corrected chi connectivity index (χ2v) is 17.2. The van der Waals surface area contributed by atoms with E-state index in [-0.39, 0.29) is 11.6 Å². The monoisotopic (exact) mass is 777 g/mol. The molecule has 0 amide bonds. The number of nitrogens with zero attached hydrogens (tertiary/aromatic N) is 5.